The summed E-state index contributed by atoms with van der Waals surface area (Å²) in [7, 11) is 0. The molecular weight excluding hydrogens is 306 g/mol. The van der Waals surface area contributed by atoms with Gasteiger partial charge in [0.1, 0.15) is 5.82 Å². The van der Waals surface area contributed by atoms with Gasteiger partial charge in [0.15, 0.2) is 0 Å². The Bertz CT molecular complexity index is 757. The van der Waals surface area contributed by atoms with Gasteiger partial charge in [-0.2, -0.15) is 4.98 Å². The molecule has 128 valence electrons. The summed E-state index contributed by atoms with van der Waals surface area (Å²) >= 11 is 0. The molecule has 0 saturated heterocycles. The summed E-state index contributed by atoms with van der Waals surface area (Å²) in [6, 6.07) is 8.71. The quantitative estimate of drug-likeness (QED) is 0.623. The molecule has 0 aliphatic rings. The number of para-hydroxylation sites is 1. The molecule has 5 N–H and O–H groups in total. The van der Waals surface area contributed by atoms with Crippen LogP contribution in [0, 0.1) is 5.92 Å². The van der Waals surface area contributed by atoms with Crippen molar-refractivity contribution in [3.63, 3.8) is 0 Å². The maximum Gasteiger partial charge on any atom is 0.254 e. The van der Waals surface area contributed by atoms with Gasteiger partial charge in [0.25, 0.3) is 5.56 Å². The molecule has 1 heterocycles. The van der Waals surface area contributed by atoms with Crippen LogP contribution in [0.5, 0.6) is 0 Å². The van der Waals surface area contributed by atoms with Gasteiger partial charge < -0.3 is 16.4 Å². The third-order valence-corrected chi connectivity index (χ3v) is 3.73. The summed E-state index contributed by atoms with van der Waals surface area (Å²) < 4.78 is 0. The van der Waals surface area contributed by atoms with E-state index in [1.807, 2.05) is 24.3 Å². The van der Waals surface area contributed by atoms with Gasteiger partial charge in [-0.05, 0) is 17.5 Å². The number of anilines is 3. The van der Waals surface area contributed by atoms with Crippen molar-refractivity contribution in [1.29, 1.82) is 0 Å². The summed E-state index contributed by atoms with van der Waals surface area (Å²) in [5.74, 6) is 0.779. The number of benzene rings is 1. The average Bonchev–Trinajstić information content (AvgIpc) is 2.53. The van der Waals surface area contributed by atoms with Crippen LogP contribution in [0.1, 0.15) is 32.3 Å². The summed E-state index contributed by atoms with van der Waals surface area (Å²) in [5, 5.41) is 5.95. The molecule has 1 atom stereocenters. The Morgan fingerprint density at radius 2 is 2.12 bits per heavy atom. The van der Waals surface area contributed by atoms with E-state index in [2.05, 4.69) is 34.4 Å². The molecular formula is C17H23N5O2. The van der Waals surface area contributed by atoms with Crippen molar-refractivity contribution in [2.45, 2.75) is 33.2 Å². The Kier molecular flexibility index (Phi) is 5.95. The number of rotatable bonds is 7. The van der Waals surface area contributed by atoms with Crippen molar-refractivity contribution >= 4 is 23.4 Å². The van der Waals surface area contributed by atoms with Crippen molar-refractivity contribution in [2.24, 2.45) is 5.92 Å². The number of nitrogen functional groups attached to an aromatic ring is 1. The Morgan fingerprint density at radius 1 is 1.38 bits per heavy atom. The van der Waals surface area contributed by atoms with E-state index >= 15 is 0 Å². The molecule has 1 amide bonds. The van der Waals surface area contributed by atoms with Crippen LogP contribution in [-0.4, -0.2) is 15.9 Å². The zero-order chi connectivity index (χ0) is 17.5. The fourth-order valence-electron chi connectivity index (χ4n) is 2.20. The minimum Gasteiger partial charge on any atom is -0.383 e. The molecule has 24 heavy (non-hydrogen) atoms. The van der Waals surface area contributed by atoms with Crippen molar-refractivity contribution in [3.05, 3.63) is 46.2 Å². The molecule has 0 aliphatic heterocycles. The zero-order valence-electron chi connectivity index (χ0n) is 13.9. The Labute approximate surface area is 140 Å². The largest absolute Gasteiger partial charge is 0.383 e. The van der Waals surface area contributed by atoms with Gasteiger partial charge in [-0.15, -0.1) is 0 Å². The fourth-order valence-corrected chi connectivity index (χ4v) is 2.20. The van der Waals surface area contributed by atoms with Crippen LogP contribution in [0.15, 0.2) is 35.1 Å². The maximum absolute atomic E-state index is 12.1. The number of H-pyrrole nitrogens is 1. The first kappa shape index (κ1) is 17.5. The number of aromatic amines is 1. The number of carbonyl (C=O) groups excluding carboxylic acids is 1. The third kappa shape index (κ3) is 5.12. The highest BCUT2D eigenvalue weighted by Gasteiger charge is 2.10. The molecule has 0 aliphatic carbocycles. The standard InChI is InChI=1S/C17H23N5O2/c1-3-11(2)8-15(23)20-13-7-5-4-6-12(13)10-19-17-21-14(18)9-16(24)22-17/h4-7,9,11H,3,8,10H2,1-2H3,(H,20,23)(H4,18,19,21,22,24). The minimum absolute atomic E-state index is 0.00714. The third-order valence-electron chi connectivity index (χ3n) is 3.73. The monoisotopic (exact) mass is 329 g/mol. The summed E-state index contributed by atoms with van der Waals surface area (Å²) in [6.45, 7) is 4.51. The first-order chi connectivity index (χ1) is 11.5. The van der Waals surface area contributed by atoms with Crippen LogP contribution in [-0.2, 0) is 11.3 Å². The van der Waals surface area contributed by atoms with E-state index in [9.17, 15) is 9.59 Å². The molecule has 2 aromatic rings. The molecule has 1 aromatic carbocycles. The predicted molar refractivity (Wildman–Crippen MR) is 95.7 cm³/mol. The lowest BCUT2D eigenvalue weighted by molar-refractivity contribution is -0.117. The van der Waals surface area contributed by atoms with Gasteiger partial charge in [0.2, 0.25) is 11.9 Å². The van der Waals surface area contributed by atoms with E-state index in [0.717, 1.165) is 17.7 Å². The SMILES string of the molecule is CCC(C)CC(=O)Nc1ccccc1CNc1nc(N)cc(=O)[nH]1. The van der Waals surface area contributed by atoms with E-state index in [0.29, 0.717) is 24.8 Å². The summed E-state index contributed by atoms with van der Waals surface area (Å²) in [6.07, 6.45) is 1.45. The summed E-state index contributed by atoms with van der Waals surface area (Å²) in [4.78, 5) is 30.1. The van der Waals surface area contributed by atoms with Crippen LogP contribution >= 0.6 is 0 Å². The number of hydrogen-bond acceptors (Lipinski definition) is 5. The Balaban J connectivity index is 2.05. The summed E-state index contributed by atoms with van der Waals surface area (Å²) in [5.41, 5.74) is 6.87. The number of carbonyl (C=O) groups is 1. The number of nitrogens with zero attached hydrogens (tertiary/aromatic N) is 1. The van der Waals surface area contributed by atoms with E-state index in [-0.39, 0.29) is 17.3 Å². The predicted octanol–water partition coefficient (Wildman–Crippen LogP) is 2.34. The second kappa shape index (κ2) is 8.14. The number of aromatic nitrogens is 2. The Morgan fingerprint density at radius 3 is 2.83 bits per heavy atom. The number of nitrogens with one attached hydrogen (secondary N) is 3. The van der Waals surface area contributed by atoms with Gasteiger partial charge in [-0.1, -0.05) is 38.5 Å². The minimum atomic E-state index is -0.319. The van der Waals surface area contributed by atoms with Gasteiger partial charge in [0, 0.05) is 24.7 Å². The maximum atomic E-state index is 12.1. The smallest absolute Gasteiger partial charge is 0.254 e. The number of nitrogens with two attached hydrogens (primary N) is 1. The average molecular weight is 329 g/mol. The van der Waals surface area contributed by atoms with Crippen LogP contribution < -0.4 is 21.9 Å². The highest BCUT2D eigenvalue weighted by molar-refractivity contribution is 5.91. The topological polar surface area (TPSA) is 113 Å². The first-order valence-corrected chi connectivity index (χ1v) is 7.96. The van der Waals surface area contributed by atoms with Gasteiger partial charge in [0.05, 0.1) is 0 Å². The highest BCUT2D eigenvalue weighted by atomic mass is 16.1. The molecule has 7 nitrogen and oxygen atoms in total. The van der Waals surface area contributed by atoms with Crippen molar-refractivity contribution in [3.8, 4) is 0 Å². The van der Waals surface area contributed by atoms with E-state index in [1.54, 1.807) is 0 Å². The molecule has 0 fully saturated rings. The van der Waals surface area contributed by atoms with Crippen LogP contribution in [0.4, 0.5) is 17.5 Å². The lowest BCUT2D eigenvalue weighted by atomic mass is 10.0. The second-order valence-corrected chi connectivity index (χ2v) is 5.80. The second-order valence-electron chi connectivity index (χ2n) is 5.80. The first-order valence-electron chi connectivity index (χ1n) is 7.96. The molecule has 1 unspecified atom stereocenters. The lowest BCUT2D eigenvalue weighted by Crippen LogP contribution is -2.17. The highest BCUT2D eigenvalue weighted by Crippen LogP contribution is 2.17. The van der Waals surface area contributed by atoms with E-state index in [4.69, 9.17) is 5.73 Å². The van der Waals surface area contributed by atoms with Crippen LogP contribution in [0.2, 0.25) is 0 Å². The van der Waals surface area contributed by atoms with E-state index < -0.39 is 0 Å². The normalized spacial score (nSPS) is 11.8. The molecule has 0 radical (unpaired) electrons. The lowest BCUT2D eigenvalue weighted by Gasteiger charge is -2.13. The number of amides is 1. The molecule has 7 heteroatoms. The Hall–Kier alpha value is -2.83. The van der Waals surface area contributed by atoms with E-state index in [1.165, 1.54) is 6.07 Å². The fraction of sp³-hybridized carbons (Fsp3) is 0.353. The molecule has 0 saturated carbocycles. The van der Waals surface area contributed by atoms with Crippen molar-refractivity contribution < 1.29 is 4.79 Å². The molecule has 1 aromatic heterocycles. The molecule has 0 bridgehead atoms. The zero-order valence-corrected chi connectivity index (χ0v) is 13.9. The molecule has 0 spiro atoms. The van der Waals surface area contributed by atoms with Gasteiger partial charge in [-0.25, -0.2) is 0 Å². The van der Waals surface area contributed by atoms with Crippen LogP contribution in [0.25, 0.3) is 0 Å². The number of hydrogen-bond donors (Lipinski definition) is 4. The molecule has 2 rings (SSSR count). The van der Waals surface area contributed by atoms with Gasteiger partial charge in [-0.3, -0.25) is 14.6 Å². The van der Waals surface area contributed by atoms with Crippen LogP contribution in [0.3, 0.4) is 0 Å². The van der Waals surface area contributed by atoms with Gasteiger partial charge >= 0.3 is 0 Å². The van der Waals surface area contributed by atoms with Crippen molar-refractivity contribution in [1.82, 2.24) is 9.97 Å². The van der Waals surface area contributed by atoms with Crippen molar-refractivity contribution in [2.75, 3.05) is 16.4 Å².